The molecule has 0 heterocycles. The lowest BCUT2D eigenvalue weighted by Gasteiger charge is -1.90. The minimum atomic E-state index is -0.00625. The Kier molecular flexibility index (Phi) is 4.99. The highest BCUT2D eigenvalue weighted by Crippen LogP contribution is 1.96. The third-order valence-corrected chi connectivity index (χ3v) is 1.13. The first kappa shape index (κ1) is 9.82. The van der Waals surface area contributed by atoms with Crippen LogP contribution >= 0.6 is 0 Å². The van der Waals surface area contributed by atoms with Crippen molar-refractivity contribution in [3.8, 4) is 0 Å². The minimum Gasteiger partial charge on any atom is -0.293 e. The van der Waals surface area contributed by atoms with E-state index in [0.717, 1.165) is 0 Å². The summed E-state index contributed by atoms with van der Waals surface area (Å²) in [6, 6.07) is 0. The van der Waals surface area contributed by atoms with Crippen molar-refractivity contribution < 1.29 is 4.79 Å². The second-order valence-corrected chi connectivity index (χ2v) is 2.03. The van der Waals surface area contributed by atoms with Crippen molar-refractivity contribution in [1.82, 2.24) is 0 Å². The monoisotopic (exact) mass is 151 g/mol. The lowest BCUT2D eigenvalue weighted by Crippen LogP contribution is -1.92. The Hall–Kier alpha value is -1.18. The molecule has 2 nitrogen and oxygen atoms in total. The molecule has 0 atom stereocenters. The number of Topliss-reactive ketones (excluding diaryl/α,β-unsaturated/α-hetero) is 1. The van der Waals surface area contributed by atoms with Gasteiger partial charge in [0.15, 0.2) is 5.78 Å². The summed E-state index contributed by atoms with van der Waals surface area (Å²) in [4.78, 5) is 14.7. The van der Waals surface area contributed by atoms with E-state index in [1.54, 1.807) is 25.3 Å². The molecule has 11 heavy (non-hydrogen) atoms. The quantitative estimate of drug-likeness (QED) is 0.448. The minimum absolute atomic E-state index is 0.00625. The highest BCUT2D eigenvalue weighted by Gasteiger charge is 1.95. The zero-order valence-corrected chi connectivity index (χ0v) is 7.16. The molecule has 0 aliphatic carbocycles. The Bertz CT molecular complexity index is 212. The second-order valence-electron chi connectivity index (χ2n) is 2.03. The molecule has 0 amide bonds. The maximum Gasteiger partial charge on any atom is 0.177 e. The van der Waals surface area contributed by atoms with E-state index in [1.165, 1.54) is 6.92 Å². The van der Waals surface area contributed by atoms with Crippen LogP contribution in [0.5, 0.6) is 0 Å². The Balaban J connectivity index is 4.22. The van der Waals surface area contributed by atoms with E-state index in [-0.39, 0.29) is 5.78 Å². The maximum atomic E-state index is 10.8. The lowest BCUT2D eigenvalue weighted by molar-refractivity contribution is -0.113. The Morgan fingerprint density at radius 2 is 2.00 bits per heavy atom. The molecule has 0 spiro atoms. The van der Waals surface area contributed by atoms with Crippen molar-refractivity contribution in [3.63, 3.8) is 0 Å². The Morgan fingerprint density at radius 3 is 2.36 bits per heavy atom. The van der Waals surface area contributed by atoms with Crippen LogP contribution in [0.25, 0.3) is 0 Å². The first-order valence-corrected chi connectivity index (χ1v) is 3.55. The molecule has 0 aromatic rings. The van der Waals surface area contributed by atoms with E-state index in [9.17, 15) is 4.79 Å². The zero-order valence-electron chi connectivity index (χ0n) is 7.16. The Morgan fingerprint density at radius 1 is 1.36 bits per heavy atom. The van der Waals surface area contributed by atoms with Gasteiger partial charge in [-0.1, -0.05) is 12.2 Å². The number of hydrogen-bond donors (Lipinski definition) is 0. The third kappa shape index (κ3) is 4.25. The summed E-state index contributed by atoms with van der Waals surface area (Å²) in [7, 11) is 0. The molecular weight excluding hydrogens is 138 g/mol. The lowest BCUT2D eigenvalue weighted by atomic mass is 10.3. The van der Waals surface area contributed by atoms with Crippen LogP contribution in [0.2, 0.25) is 0 Å². The van der Waals surface area contributed by atoms with Gasteiger partial charge in [0.25, 0.3) is 0 Å². The van der Waals surface area contributed by atoms with Crippen molar-refractivity contribution in [2.75, 3.05) is 0 Å². The topological polar surface area (TPSA) is 29.4 Å². The zero-order chi connectivity index (χ0) is 8.69. The van der Waals surface area contributed by atoms with E-state index in [1.807, 2.05) is 13.0 Å². The van der Waals surface area contributed by atoms with Crippen LogP contribution in [-0.2, 0) is 4.79 Å². The molecule has 0 aliphatic rings. The number of nitrogens with zero attached hydrogens (tertiary/aromatic N) is 1. The van der Waals surface area contributed by atoms with E-state index in [4.69, 9.17) is 0 Å². The van der Waals surface area contributed by atoms with Gasteiger partial charge in [-0.2, -0.15) is 0 Å². The number of rotatable bonds is 3. The molecule has 0 aliphatic heterocycles. The van der Waals surface area contributed by atoms with Crippen LogP contribution in [0.4, 0.5) is 0 Å². The van der Waals surface area contributed by atoms with Gasteiger partial charge in [0, 0.05) is 13.1 Å². The second kappa shape index (κ2) is 5.59. The van der Waals surface area contributed by atoms with Gasteiger partial charge < -0.3 is 0 Å². The van der Waals surface area contributed by atoms with Gasteiger partial charge >= 0.3 is 0 Å². The van der Waals surface area contributed by atoms with E-state index >= 15 is 0 Å². The van der Waals surface area contributed by atoms with Crippen molar-refractivity contribution in [2.24, 2.45) is 4.99 Å². The molecule has 60 valence electrons. The van der Waals surface area contributed by atoms with Crippen LogP contribution in [0.3, 0.4) is 0 Å². The van der Waals surface area contributed by atoms with E-state index < -0.39 is 0 Å². The molecule has 0 saturated heterocycles. The Labute approximate surface area is 67.3 Å². The molecule has 0 fully saturated rings. The number of aliphatic imine (C=N–C) groups is 1. The first-order chi connectivity index (χ1) is 5.22. The summed E-state index contributed by atoms with van der Waals surface area (Å²) in [5.41, 5.74) is 0.503. The molecule has 0 radical (unpaired) electrons. The van der Waals surface area contributed by atoms with Crippen molar-refractivity contribution >= 4 is 12.0 Å². The van der Waals surface area contributed by atoms with Gasteiger partial charge in [-0.05, 0) is 19.9 Å². The van der Waals surface area contributed by atoms with Gasteiger partial charge in [0.1, 0.15) is 5.70 Å². The molecule has 0 saturated carbocycles. The highest BCUT2D eigenvalue weighted by atomic mass is 16.1. The van der Waals surface area contributed by atoms with Crippen LogP contribution in [0.1, 0.15) is 20.8 Å². The van der Waals surface area contributed by atoms with Gasteiger partial charge in [-0.15, -0.1) is 0 Å². The number of hydrogen-bond acceptors (Lipinski definition) is 2. The SMILES string of the molecule is C\C=C/C=N\C(=C/C)C(C)=O. The predicted molar refractivity (Wildman–Crippen MR) is 47.7 cm³/mol. The average molecular weight is 151 g/mol. The van der Waals surface area contributed by atoms with Gasteiger partial charge in [0.2, 0.25) is 0 Å². The first-order valence-electron chi connectivity index (χ1n) is 3.55. The fourth-order valence-corrected chi connectivity index (χ4v) is 0.578. The smallest absolute Gasteiger partial charge is 0.177 e. The van der Waals surface area contributed by atoms with Crippen LogP contribution in [-0.4, -0.2) is 12.0 Å². The van der Waals surface area contributed by atoms with Crippen LogP contribution in [0.15, 0.2) is 28.9 Å². The summed E-state index contributed by atoms with van der Waals surface area (Å²) in [6.07, 6.45) is 6.95. The largest absolute Gasteiger partial charge is 0.293 e. The normalized spacial score (nSPS) is 13.2. The molecule has 0 N–H and O–H groups in total. The van der Waals surface area contributed by atoms with Crippen molar-refractivity contribution in [2.45, 2.75) is 20.8 Å². The standard InChI is InChI=1S/C9H13NO/c1-4-6-7-10-9(5-2)8(3)11/h4-7H,1-3H3/b6-4-,9-5-,10-7-. The predicted octanol–water partition coefficient (Wildman–Crippen LogP) is 2.13. The molecule has 0 bridgehead atoms. The third-order valence-electron chi connectivity index (χ3n) is 1.13. The number of ketones is 1. The summed E-state index contributed by atoms with van der Waals surface area (Å²) < 4.78 is 0. The molecule has 0 aromatic heterocycles. The molecule has 0 unspecified atom stereocenters. The molecular formula is C9H13NO. The molecule has 2 heteroatoms. The van der Waals surface area contributed by atoms with Crippen molar-refractivity contribution in [3.05, 3.63) is 23.9 Å². The van der Waals surface area contributed by atoms with Crippen LogP contribution < -0.4 is 0 Å². The van der Waals surface area contributed by atoms with E-state index in [2.05, 4.69) is 4.99 Å². The fraction of sp³-hybridized carbons (Fsp3) is 0.333. The summed E-state index contributed by atoms with van der Waals surface area (Å²) >= 11 is 0. The number of carbonyl (C=O) groups is 1. The summed E-state index contributed by atoms with van der Waals surface area (Å²) in [6.45, 7) is 5.20. The summed E-state index contributed by atoms with van der Waals surface area (Å²) in [5.74, 6) is -0.00625. The number of allylic oxidation sites excluding steroid dienone is 4. The van der Waals surface area contributed by atoms with Crippen molar-refractivity contribution in [1.29, 1.82) is 0 Å². The molecule has 0 rings (SSSR count). The average Bonchev–Trinajstić information content (AvgIpc) is 1.97. The maximum absolute atomic E-state index is 10.8. The number of carbonyl (C=O) groups excluding carboxylic acids is 1. The fourth-order valence-electron chi connectivity index (χ4n) is 0.578. The highest BCUT2D eigenvalue weighted by molar-refractivity contribution is 5.94. The van der Waals surface area contributed by atoms with Gasteiger partial charge in [-0.3, -0.25) is 9.79 Å². The summed E-state index contributed by atoms with van der Waals surface area (Å²) in [5, 5.41) is 0. The van der Waals surface area contributed by atoms with Gasteiger partial charge in [0.05, 0.1) is 0 Å². The van der Waals surface area contributed by atoms with E-state index in [0.29, 0.717) is 5.70 Å². The van der Waals surface area contributed by atoms with Gasteiger partial charge in [-0.25, -0.2) is 0 Å². The molecule has 0 aromatic carbocycles. The van der Waals surface area contributed by atoms with Crippen LogP contribution in [0, 0.1) is 0 Å².